The first-order chi connectivity index (χ1) is 11.7. The number of nitrogens with one attached hydrogen (secondary N) is 2. The number of ether oxygens (including phenoxy) is 1. The van der Waals surface area contributed by atoms with Gasteiger partial charge in [0, 0.05) is 16.7 Å². The van der Waals surface area contributed by atoms with Crippen molar-refractivity contribution in [1.29, 1.82) is 0 Å². The van der Waals surface area contributed by atoms with Crippen LogP contribution in [0, 0.1) is 5.82 Å². The molecule has 0 fully saturated rings. The molecule has 2 heterocycles. The molecule has 1 aliphatic heterocycles. The minimum Gasteiger partial charge on any atom is -0.497 e. The predicted molar refractivity (Wildman–Crippen MR) is 86.3 cm³/mol. The van der Waals surface area contributed by atoms with Gasteiger partial charge in [0.2, 0.25) is 0 Å². The molecule has 0 aliphatic carbocycles. The quantitative estimate of drug-likeness (QED) is 0.778. The molecule has 0 unspecified atom stereocenters. The molecule has 2 N–H and O–H groups in total. The van der Waals surface area contributed by atoms with Crippen LogP contribution in [0.3, 0.4) is 0 Å². The second-order valence-corrected chi connectivity index (χ2v) is 5.52. The van der Waals surface area contributed by atoms with Gasteiger partial charge in [-0.3, -0.25) is 9.89 Å². The van der Waals surface area contributed by atoms with E-state index in [2.05, 4.69) is 15.5 Å². The molecule has 1 amide bonds. The van der Waals surface area contributed by atoms with Crippen molar-refractivity contribution < 1.29 is 13.9 Å². The Kier molecular flexibility index (Phi) is 3.30. The lowest BCUT2D eigenvalue weighted by molar-refractivity contribution is 0.0955. The topological polar surface area (TPSA) is 67.0 Å². The van der Waals surface area contributed by atoms with Gasteiger partial charge >= 0.3 is 0 Å². The number of carbonyl (C=O) groups is 1. The molecule has 120 valence electrons. The summed E-state index contributed by atoms with van der Waals surface area (Å²) in [6, 6.07) is 13.2. The molecule has 0 bridgehead atoms. The molecule has 1 aliphatic rings. The van der Waals surface area contributed by atoms with Crippen molar-refractivity contribution in [3.63, 3.8) is 0 Å². The second-order valence-electron chi connectivity index (χ2n) is 5.52. The first kappa shape index (κ1) is 14.4. The van der Waals surface area contributed by atoms with Gasteiger partial charge in [0.05, 0.1) is 18.8 Å². The highest BCUT2D eigenvalue weighted by Gasteiger charge is 2.36. The van der Waals surface area contributed by atoms with Crippen LogP contribution in [-0.4, -0.2) is 23.2 Å². The number of aromatic amines is 1. The number of carbonyl (C=O) groups excluding carboxylic acids is 1. The smallest absolute Gasteiger partial charge is 0.270 e. The molecule has 0 saturated carbocycles. The standard InChI is InChI=1S/C18H14FN3O2/c1-24-11-6-4-5-10(9-11)15-14-16(12-7-2-3-8-13(12)19)20-18(23)17(14)22-21-15/h2-9,16H,1H3,(H,20,23)(H,21,22)/t16-/m1/s1. The van der Waals surface area contributed by atoms with E-state index in [1.54, 1.807) is 25.3 Å². The summed E-state index contributed by atoms with van der Waals surface area (Å²) in [5, 5.41) is 9.86. The Morgan fingerprint density at radius 3 is 2.79 bits per heavy atom. The SMILES string of the molecule is COc1cccc(-c2n[nH]c3c2[C@@H](c2ccccc2F)NC3=O)c1. The van der Waals surface area contributed by atoms with E-state index < -0.39 is 6.04 Å². The first-order valence-corrected chi connectivity index (χ1v) is 7.47. The van der Waals surface area contributed by atoms with Crippen molar-refractivity contribution in [2.75, 3.05) is 7.11 Å². The summed E-state index contributed by atoms with van der Waals surface area (Å²) >= 11 is 0. The van der Waals surface area contributed by atoms with Crippen molar-refractivity contribution in [2.24, 2.45) is 0 Å². The average molecular weight is 323 g/mol. The zero-order chi connectivity index (χ0) is 16.7. The summed E-state index contributed by atoms with van der Waals surface area (Å²) in [6.07, 6.45) is 0. The number of benzene rings is 2. The molecule has 0 spiro atoms. The van der Waals surface area contributed by atoms with E-state index in [0.717, 1.165) is 5.56 Å². The maximum atomic E-state index is 14.2. The van der Waals surface area contributed by atoms with E-state index in [1.807, 2.05) is 24.3 Å². The van der Waals surface area contributed by atoms with Crippen molar-refractivity contribution >= 4 is 5.91 Å². The average Bonchev–Trinajstić information content (AvgIpc) is 3.17. The fourth-order valence-electron chi connectivity index (χ4n) is 3.01. The number of halogens is 1. The molecule has 0 saturated heterocycles. The Morgan fingerprint density at radius 1 is 1.17 bits per heavy atom. The first-order valence-electron chi connectivity index (χ1n) is 7.47. The summed E-state index contributed by atoms with van der Waals surface area (Å²) in [5.74, 6) is 0.0253. The fraction of sp³-hybridized carbons (Fsp3) is 0.111. The molecule has 2 aromatic carbocycles. The summed E-state index contributed by atoms with van der Waals surface area (Å²) in [6.45, 7) is 0. The Balaban J connectivity index is 1.88. The zero-order valence-electron chi connectivity index (χ0n) is 12.8. The normalized spacial score (nSPS) is 15.9. The van der Waals surface area contributed by atoms with Gasteiger partial charge in [-0.1, -0.05) is 30.3 Å². The van der Waals surface area contributed by atoms with Gasteiger partial charge in [-0.05, 0) is 18.2 Å². The van der Waals surface area contributed by atoms with Crippen LogP contribution in [0.2, 0.25) is 0 Å². The number of aromatic nitrogens is 2. The molecular weight excluding hydrogens is 309 g/mol. The molecular formula is C18H14FN3O2. The maximum absolute atomic E-state index is 14.2. The van der Waals surface area contributed by atoms with Crippen LogP contribution in [0.25, 0.3) is 11.3 Å². The highest BCUT2D eigenvalue weighted by atomic mass is 19.1. The van der Waals surface area contributed by atoms with Gasteiger partial charge in [0.15, 0.2) is 0 Å². The number of nitrogens with zero attached hydrogens (tertiary/aromatic N) is 1. The van der Waals surface area contributed by atoms with Crippen molar-refractivity contribution in [2.45, 2.75) is 6.04 Å². The minimum absolute atomic E-state index is 0.292. The fourth-order valence-corrected chi connectivity index (χ4v) is 3.01. The van der Waals surface area contributed by atoms with Crippen molar-refractivity contribution in [1.82, 2.24) is 15.5 Å². The van der Waals surface area contributed by atoms with Gasteiger partial charge in [0.1, 0.15) is 17.3 Å². The van der Waals surface area contributed by atoms with E-state index in [0.29, 0.717) is 28.3 Å². The summed E-state index contributed by atoms with van der Waals surface area (Å²) < 4.78 is 19.5. The molecule has 5 nitrogen and oxygen atoms in total. The largest absolute Gasteiger partial charge is 0.497 e. The van der Waals surface area contributed by atoms with Crippen molar-refractivity contribution in [3.8, 4) is 17.0 Å². The van der Waals surface area contributed by atoms with E-state index in [1.165, 1.54) is 6.07 Å². The highest BCUT2D eigenvalue weighted by molar-refractivity contribution is 6.00. The van der Waals surface area contributed by atoms with E-state index in [9.17, 15) is 9.18 Å². The number of hydrogen-bond acceptors (Lipinski definition) is 3. The molecule has 6 heteroatoms. The number of hydrogen-bond donors (Lipinski definition) is 2. The van der Waals surface area contributed by atoms with Crippen LogP contribution in [0.15, 0.2) is 48.5 Å². The van der Waals surface area contributed by atoms with Gasteiger partial charge in [-0.15, -0.1) is 0 Å². The number of fused-ring (bicyclic) bond motifs is 1. The van der Waals surface area contributed by atoms with E-state index in [4.69, 9.17) is 4.74 Å². The van der Waals surface area contributed by atoms with Crippen molar-refractivity contribution in [3.05, 3.63) is 71.2 Å². The third-order valence-electron chi connectivity index (χ3n) is 4.15. The van der Waals surface area contributed by atoms with Crippen LogP contribution in [0.4, 0.5) is 4.39 Å². The van der Waals surface area contributed by atoms with Crippen LogP contribution >= 0.6 is 0 Å². The Morgan fingerprint density at radius 2 is 2.00 bits per heavy atom. The number of methoxy groups -OCH3 is 1. The molecule has 0 radical (unpaired) electrons. The van der Waals surface area contributed by atoms with Gasteiger partial charge in [0.25, 0.3) is 5.91 Å². The van der Waals surface area contributed by atoms with E-state index >= 15 is 0 Å². The monoisotopic (exact) mass is 323 g/mol. The van der Waals surface area contributed by atoms with E-state index in [-0.39, 0.29) is 11.7 Å². The Hall–Kier alpha value is -3.15. The van der Waals surface area contributed by atoms with Crippen LogP contribution in [0.1, 0.15) is 27.7 Å². The lowest BCUT2D eigenvalue weighted by atomic mass is 9.96. The molecule has 1 aromatic heterocycles. The van der Waals surface area contributed by atoms with Crippen LogP contribution < -0.4 is 10.1 Å². The second kappa shape index (κ2) is 5.49. The summed E-state index contributed by atoms with van der Waals surface area (Å²) in [5.41, 5.74) is 2.83. The minimum atomic E-state index is -0.575. The number of H-pyrrole nitrogens is 1. The Bertz CT molecular complexity index is 936. The lowest BCUT2D eigenvalue weighted by Crippen LogP contribution is -2.21. The molecule has 4 rings (SSSR count). The summed E-state index contributed by atoms with van der Waals surface area (Å²) in [4.78, 5) is 12.2. The zero-order valence-corrected chi connectivity index (χ0v) is 12.8. The molecule has 1 atom stereocenters. The third kappa shape index (κ3) is 2.15. The number of amides is 1. The number of rotatable bonds is 3. The third-order valence-corrected chi connectivity index (χ3v) is 4.15. The maximum Gasteiger partial charge on any atom is 0.270 e. The predicted octanol–water partition coefficient (Wildman–Crippen LogP) is 3.06. The van der Waals surface area contributed by atoms with Gasteiger partial charge in [-0.2, -0.15) is 5.10 Å². The molecule has 24 heavy (non-hydrogen) atoms. The highest BCUT2D eigenvalue weighted by Crippen LogP contribution is 2.38. The van der Waals surface area contributed by atoms with Crippen LogP contribution in [0.5, 0.6) is 5.75 Å². The van der Waals surface area contributed by atoms with Crippen LogP contribution in [-0.2, 0) is 0 Å². The Labute approximate surface area is 137 Å². The summed E-state index contributed by atoms with van der Waals surface area (Å²) in [7, 11) is 1.58. The lowest BCUT2D eigenvalue weighted by Gasteiger charge is -2.14. The molecule has 3 aromatic rings. The van der Waals surface area contributed by atoms with Gasteiger partial charge in [-0.25, -0.2) is 4.39 Å². The van der Waals surface area contributed by atoms with Gasteiger partial charge < -0.3 is 10.1 Å².